The Kier molecular flexibility index (Phi) is 5.42. The van der Waals surface area contributed by atoms with Crippen LogP contribution in [0.2, 0.25) is 0 Å². The first-order valence-electron chi connectivity index (χ1n) is 5.44. The van der Waals surface area contributed by atoms with E-state index in [1.807, 2.05) is 11.9 Å². The van der Waals surface area contributed by atoms with Crippen molar-refractivity contribution in [2.24, 2.45) is 23.3 Å². The van der Waals surface area contributed by atoms with Crippen LogP contribution in [0.25, 0.3) is 0 Å². The number of ketones is 1. The van der Waals surface area contributed by atoms with E-state index < -0.39 is 5.79 Å². The van der Waals surface area contributed by atoms with E-state index in [1.165, 1.54) is 0 Å². The van der Waals surface area contributed by atoms with Crippen molar-refractivity contribution in [3.8, 4) is 0 Å². The number of hydrogen-bond acceptors (Lipinski definition) is 4. The number of nitrogens with two attached hydrogens (primary N) is 2. The van der Waals surface area contributed by atoms with E-state index in [0.717, 1.165) is 6.42 Å². The van der Waals surface area contributed by atoms with Crippen LogP contribution < -0.4 is 11.5 Å². The molecular formula is C11H25N3O. The zero-order valence-corrected chi connectivity index (χ0v) is 10.6. The molecule has 0 aromatic heterocycles. The van der Waals surface area contributed by atoms with Crippen molar-refractivity contribution in [3.05, 3.63) is 0 Å². The predicted octanol–water partition coefficient (Wildman–Crippen LogP) is 0.761. The summed E-state index contributed by atoms with van der Waals surface area (Å²) in [5, 5.41) is 0. The van der Waals surface area contributed by atoms with Crippen molar-refractivity contribution in [1.29, 1.82) is 0 Å². The summed E-state index contributed by atoms with van der Waals surface area (Å²) in [7, 11) is 1.84. The van der Waals surface area contributed by atoms with Gasteiger partial charge < -0.3 is 11.5 Å². The second-order valence-electron chi connectivity index (χ2n) is 5.04. The Labute approximate surface area is 93.0 Å². The first kappa shape index (κ1) is 14.6. The topological polar surface area (TPSA) is 72.3 Å². The molecule has 4 N–H and O–H groups in total. The third kappa shape index (κ3) is 5.87. The predicted molar refractivity (Wildman–Crippen MR) is 63.0 cm³/mol. The Bertz CT molecular complexity index is 208. The highest BCUT2D eigenvalue weighted by Gasteiger charge is 2.24. The third-order valence-corrected chi connectivity index (χ3v) is 2.65. The van der Waals surface area contributed by atoms with Gasteiger partial charge in [0.2, 0.25) is 0 Å². The summed E-state index contributed by atoms with van der Waals surface area (Å²) in [6, 6.07) is 0. The molecule has 0 amide bonds. The Hall–Kier alpha value is -0.450. The lowest BCUT2D eigenvalue weighted by Crippen LogP contribution is -2.60. The first-order valence-corrected chi connectivity index (χ1v) is 5.44. The van der Waals surface area contributed by atoms with E-state index in [1.54, 1.807) is 13.8 Å². The second-order valence-corrected chi connectivity index (χ2v) is 5.04. The van der Waals surface area contributed by atoms with Gasteiger partial charge in [0.05, 0.1) is 0 Å². The molecule has 0 spiro atoms. The van der Waals surface area contributed by atoms with Crippen LogP contribution in [-0.2, 0) is 4.79 Å². The van der Waals surface area contributed by atoms with Crippen molar-refractivity contribution in [2.75, 3.05) is 13.6 Å². The number of Topliss-reactive ketones (excluding diaryl/α,β-unsaturated/α-hetero) is 1. The average molecular weight is 215 g/mol. The highest BCUT2D eigenvalue weighted by molar-refractivity contribution is 5.78. The van der Waals surface area contributed by atoms with Gasteiger partial charge in [0, 0.05) is 12.5 Å². The molecule has 1 atom stereocenters. The largest absolute Gasteiger partial charge is 0.301 e. The average Bonchev–Trinajstić information content (AvgIpc) is 1.99. The standard InChI is InChI=1S/C11H25N3O/c1-8(2)6-10(9(3)15)7-14(5)11(4,12)13/h8,10H,6-7,12-13H2,1-5H3. The molecular weight excluding hydrogens is 190 g/mol. The number of hydrogen-bond donors (Lipinski definition) is 2. The molecule has 0 aliphatic rings. The molecule has 0 heterocycles. The van der Waals surface area contributed by atoms with E-state index in [-0.39, 0.29) is 11.7 Å². The fourth-order valence-corrected chi connectivity index (χ4v) is 1.47. The molecule has 0 bridgehead atoms. The fourth-order valence-electron chi connectivity index (χ4n) is 1.47. The van der Waals surface area contributed by atoms with Crippen molar-refractivity contribution >= 4 is 5.78 Å². The summed E-state index contributed by atoms with van der Waals surface area (Å²) in [5.74, 6) is -0.111. The van der Waals surface area contributed by atoms with Crippen molar-refractivity contribution in [1.82, 2.24) is 4.90 Å². The molecule has 0 saturated carbocycles. The van der Waals surface area contributed by atoms with E-state index in [4.69, 9.17) is 11.5 Å². The molecule has 0 radical (unpaired) electrons. The Morgan fingerprint density at radius 3 is 2.13 bits per heavy atom. The van der Waals surface area contributed by atoms with Gasteiger partial charge in [-0.15, -0.1) is 0 Å². The van der Waals surface area contributed by atoms with Gasteiger partial charge in [-0.3, -0.25) is 9.69 Å². The zero-order chi connectivity index (χ0) is 12.2. The maximum Gasteiger partial charge on any atom is 0.134 e. The summed E-state index contributed by atoms with van der Waals surface area (Å²) >= 11 is 0. The summed E-state index contributed by atoms with van der Waals surface area (Å²) in [6.07, 6.45) is 0.885. The summed E-state index contributed by atoms with van der Waals surface area (Å²) in [4.78, 5) is 13.3. The van der Waals surface area contributed by atoms with Crippen LogP contribution in [0.3, 0.4) is 0 Å². The van der Waals surface area contributed by atoms with E-state index in [0.29, 0.717) is 12.5 Å². The van der Waals surface area contributed by atoms with Gasteiger partial charge in [-0.05, 0) is 33.2 Å². The van der Waals surface area contributed by atoms with Gasteiger partial charge in [0.25, 0.3) is 0 Å². The highest BCUT2D eigenvalue weighted by Crippen LogP contribution is 2.15. The van der Waals surface area contributed by atoms with Crippen LogP contribution in [0.15, 0.2) is 0 Å². The molecule has 4 heteroatoms. The van der Waals surface area contributed by atoms with Gasteiger partial charge >= 0.3 is 0 Å². The van der Waals surface area contributed by atoms with Gasteiger partial charge in [0.1, 0.15) is 11.6 Å². The summed E-state index contributed by atoms with van der Waals surface area (Å²) in [5.41, 5.74) is 11.5. The van der Waals surface area contributed by atoms with Gasteiger partial charge in [-0.25, -0.2) is 0 Å². The summed E-state index contributed by atoms with van der Waals surface area (Å²) < 4.78 is 0. The maximum atomic E-state index is 11.4. The summed E-state index contributed by atoms with van der Waals surface area (Å²) in [6.45, 7) is 8.21. The minimum absolute atomic E-state index is 0.0291. The molecule has 4 nitrogen and oxygen atoms in total. The van der Waals surface area contributed by atoms with Crippen molar-refractivity contribution in [2.45, 2.75) is 39.9 Å². The lowest BCUT2D eigenvalue weighted by atomic mass is 9.93. The second kappa shape index (κ2) is 5.58. The molecule has 0 rings (SSSR count). The number of carbonyl (C=O) groups excluding carboxylic acids is 1. The fraction of sp³-hybridized carbons (Fsp3) is 0.909. The van der Waals surface area contributed by atoms with Crippen molar-refractivity contribution < 1.29 is 4.79 Å². The Morgan fingerprint density at radius 1 is 1.40 bits per heavy atom. The Morgan fingerprint density at radius 2 is 1.87 bits per heavy atom. The van der Waals surface area contributed by atoms with Crippen LogP contribution in [0.1, 0.15) is 34.1 Å². The maximum absolute atomic E-state index is 11.4. The molecule has 0 saturated heterocycles. The number of carbonyl (C=O) groups is 1. The monoisotopic (exact) mass is 215 g/mol. The Balaban J connectivity index is 4.36. The number of rotatable bonds is 6. The van der Waals surface area contributed by atoms with Crippen molar-refractivity contribution in [3.63, 3.8) is 0 Å². The van der Waals surface area contributed by atoms with Crippen LogP contribution in [-0.4, -0.2) is 30.1 Å². The quantitative estimate of drug-likeness (QED) is 0.642. The molecule has 0 aromatic rings. The number of nitrogens with zero attached hydrogens (tertiary/aromatic N) is 1. The minimum atomic E-state index is -0.856. The van der Waals surface area contributed by atoms with E-state index in [9.17, 15) is 4.79 Å². The lowest BCUT2D eigenvalue weighted by Gasteiger charge is -2.33. The van der Waals surface area contributed by atoms with Gasteiger partial charge in [0.15, 0.2) is 0 Å². The SMILES string of the molecule is CC(=O)C(CC(C)C)CN(C)C(C)(N)N. The van der Waals surface area contributed by atoms with Gasteiger partial charge in [-0.1, -0.05) is 13.8 Å². The lowest BCUT2D eigenvalue weighted by molar-refractivity contribution is -0.122. The zero-order valence-electron chi connectivity index (χ0n) is 10.6. The highest BCUT2D eigenvalue weighted by atomic mass is 16.1. The van der Waals surface area contributed by atoms with E-state index in [2.05, 4.69) is 13.8 Å². The van der Waals surface area contributed by atoms with Crippen LogP contribution >= 0.6 is 0 Å². The normalized spacial score (nSPS) is 14.7. The molecule has 0 fully saturated rings. The van der Waals surface area contributed by atoms with Crippen LogP contribution in [0, 0.1) is 11.8 Å². The van der Waals surface area contributed by atoms with E-state index >= 15 is 0 Å². The van der Waals surface area contributed by atoms with Crippen LogP contribution in [0.5, 0.6) is 0 Å². The molecule has 90 valence electrons. The minimum Gasteiger partial charge on any atom is -0.301 e. The third-order valence-electron chi connectivity index (χ3n) is 2.65. The van der Waals surface area contributed by atoms with Crippen LogP contribution in [0.4, 0.5) is 0 Å². The molecule has 0 aliphatic carbocycles. The first-order chi connectivity index (χ1) is 6.64. The molecule has 0 aromatic carbocycles. The van der Waals surface area contributed by atoms with Gasteiger partial charge in [-0.2, -0.15) is 0 Å². The molecule has 1 unspecified atom stereocenters. The smallest absolute Gasteiger partial charge is 0.134 e. The molecule has 15 heavy (non-hydrogen) atoms. The molecule has 0 aliphatic heterocycles.